The molecule has 0 aliphatic rings. The van der Waals surface area contributed by atoms with Gasteiger partial charge in [0, 0.05) is 6.54 Å². The third-order valence-corrected chi connectivity index (χ3v) is 3.86. The summed E-state index contributed by atoms with van der Waals surface area (Å²) in [6.45, 7) is 2.44. The third kappa shape index (κ3) is 5.78. The van der Waals surface area contributed by atoms with E-state index in [1.807, 2.05) is 19.1 Å². The number of nitrogens with one attached hydrogen (secondary N) is 1. The van der Waals surface area contributed by atoms with E-state index >= 15 is 0 Å². The molecule has 0 spiro atoms. The van der Waals surface area contributed by atoms with Crippen molar-refractivity contribution in [2.75, 3.05) is 13.7 Å². The van der Waals surface area contributed by atoms with Gasteiger partial charge in [-0.3, -0.25) is 4.79 Å². The Morgan fingerprint density at radius 2 is 1.80 bits per heavy atom. The van der Waals surface area contributed by atoms with Crippen molar-refractivity contribution in [1.82, 2.24) is 5.32 Å². The minimum absolute atomic E-state index is 0.146. The second kappa shape index (κ2) is 9.67. The molecule has 0 bridgehead atoms. The number of halogens is 1. The van der Waals surface area contributed by atoms with Gasteiger partial charge in [-0.05, 0) is 49.1 Å². The molecule has 0 fully saturated rings. The first-order valence-corrected chi connectivity index (χ1v) is 8.46. The predicted octanol–water partition coefficient (Wildman–Crippen LogP) is 3.74. The zero-order valence-corrected chi connectivity index (χ0v) is 14.6. The lowest BCUT2D eigenvalue weighted by Gasteiger charge is -2.18. The number of ether oxygens (including phenoxy) is 2. The molecule has 0 aromatic heterocycles. The van der Waals surface area contributed by atoms with Crippen molar-refractivity contribution < 1.29 is 18.7 Å². The number of para-hydroxylation sites is 2. The van der Waals surface area contributed by atoms with Crippen molar-refractivity contribution >= 4 is 5.91 Å². The molecule has 5 heteroatoms. The first kappa shape index (κ1) is 18.8. The van der Waals surface area contributed by atoms with Gasteiger partial charge in [-0.2, -0.15) is 0 Å². The van der Waals surface area contributed by atoms with Gasteiger partial charge in [0.1, 0.15) is 5.82 Å². The average Bonchev–Trinajstić information content (AvgIpc) is 2.64. The van der Waals surface area contributed by atoms with Gasteiger partial charge in [0.15, 0.2) is 17.6 Å². The summed E-state index contributed by atoms with van der Waals surface area (Å²) in [5.74, 6) is 0.771. The van der Waals surface area contributed by atoms with Crippen LogP contribution in [0.25, 0.3) is 0 Å². The molecule has 2 rings (SSSR count). The van der Waals surface area contributed by atoms with Crippen LogP contribution in [0.5, 0.6) is 11.5 Å². The Morgan fingerprint density at radius 1 is 1.12 bits per heavy atom. The van der Waals surface area contributed by atoms with Gasteiger partial charge in [0.25, 0.3) is 5.91 Å². The zero-order valence-electron chi connectivity index (χ0n) is 14.6. The van der Waals surface area contributed by atoms with Crippen LogP contribution in [0.2, 0.25) is 0 Å². The van der Waals surface area contributed by atoms with Crippen molar-refractivity contribution in [2.45, 2.75) is 32.3 Å². The molecular formula is C20H24FNO3. The van der Waals surface area contributed by atoms with Crippen LogP contribution in [-0.2, 0) is 11.2 Å². The fourth-order valence-corrected chi connectivity index (χ4v) is 2.46. The van der Waals surface area contributed by atoms with E-state index in [1.165, 1.54) is 12.1 Å². The van der Waals surface area contributed by atoms with Crippen molar-refractivity contribution in [3.05, 3.63) is 59.9 Å². The van der Waals surface area contributed by atoms with Crippen LogP contribution in [-0.4, -0.2) is 25.7 Å². The number of hydrogen-bond donors (Lipinski definition) is 1. The van der Waals surface area contributed by atoms with Crippen LogP contribution in [0.4, 0.5) is 4.39 Å². The fourth-order valence-electron chi connectivity index (χ4n) is 2.46. The summed E-state index contributed by atoms with van der Waals surface area (Å²) < 4.78 is 23.9. The Kier molecular flexibility index (Phi) is 7.26. The highest BCUT2D eigenvalue weighted by molar-refractivity contribution is 5.81. The number of hydrogen-bond acceptors (Lipinski definition) is 3. The molecule has 1 atom stereocenters. The number of carbonyl (C=O) groups excluding carboxylic acids is 1. The second-order valence-electron chi connectivity index (χ2n) is 5.69. The van der Waals surface area contributed by atoms with Crippen molar-refractivity contribution in [2.24, 2.45) is 0 Å². The molecule has 1 unspecified atom stereocenters. The molecule has 25 heavy (non-hydrogen) atoms. The van der Waals surface area contributed by atoms with Crippen LogP contribution in [0.15, 0.2) is 48.5 Å². The van der Waals surface area contributed by atoms with Gasteiger partial charge in [0.2, 0.25) is 0 Å². The number of carbonyl (C=O) groups is 1. The second-order valence-corrected chi connectivity index (χ2v) is 5.69. The normalized spacial score (nSPS) is 11.6. The summed E-state index contributed by atoms with van der Waals surface area (Å²) >= 11 is 0. The van der Waals surface area contributed by atoms with Gasteiger partial charge >= 0.3 is 0 Å². The largest absolute Gasteiger partial charge is 0.493 e. The number of benzene rings is 2. The van der Waals surface area contributed by atoms with Crippen LogP contribution >= 0.6 is 0 Å². The van der Waals surface area contributed by atoms with Gasteiger partial charge in [-0.1, -0.05) is 31.2 Å². The Morgan fingerprint density at radius 3 is 2.44 bits per heavy atom. The van der Waals surface area contributed by atoms with Gasteiger partial charge in [-0.25, -0.2) is 4.39 Å². The van der Waals surface area contributed by atoms with E-state index in [0.717, 1.165) is 18.4 Å². The predicted molar refractivity (Wildman–Crippen MR) is 95.4 cm³/mol. The van der Waals surface area contributed by atoms with E-state index in [1.54, 1.807) is 31.4 Å². The first-order valence-electron chi connectivity index (χ1n) is 8.46. The summed E-state index contributed by atoms with van der Waals surface area (Å²) in [4.78, 5) is 12.3. The Labute approximate surface area is 148 Å². The van der Waals surface area contributed by atoms with Gasteiger partial charge in [0.05, 0.1) is 7.11 Å². The van der Waals surface area contributed by atoms with Crippen LogP contribution in [0, 0.1) is 5.82 Å². The molecule has 0 aliphatic heterocycles. The highest BCUT2D eigenvalue weighted by Crippen LogP contribution is 2.27. The number of rotatable bonds is 9. The molecule has 0 heterocycles. The topological polar surface area (TPSA) is 47.6 Å². The van der Waals surface area contributed by atoms with E-state index in [-0.39, 0.29) is 11.7 Å². The summed E-state index contributed by atoms with van der Waals surface area (Å²) in [5, 5.41) is 2.89. The Hall–Kier alpha value is -2.56. The molecule has 4 nitrogen and oxygen atoms in total. The number of methoxy groups -OCH3 is 1. The highest BCUT2D eigenvalue weighted by Gasteiger charge is 2.19. The molecule has 0 aliphatic carbocycles. The standard InChI is InChI=1S/C20H24FNO3/c1-3-17(25-19-9-5-4-8-18(19)24-2)20(23)22-14-6-7-15-10-12-16(21)13-11-15/h4-5,8-13,17H,3,6-7,14H2,1-2H3,(H,22,23). The summed E-state index contributed by atoms with van der Waals surface area (Å²) in [7, 11) is 1.57. The third-order valence-electron chi connectivity index (χ3n) is 3.86. The molecule has 1 N–H and O–H groups in total. The van der Waals surface area contributed by atoms with E-state index in [9.17, 15) is 9.18 Å². The maximum absolute atomic E-state index is 12.9. The smallest absolute Gasteiger partial charge is 0.261 e. The Bertz CT molecular complexity index is 673. The summed E-state index contributed by atoms with van der Waals surface area (Å²) in [6.07, 6.45) is 1.55. The lowest BCUT2D eigenvalue weighted by molar-refractivity contribution is -0.128. The maximum Gasteiger partial charge on any atom is 0.261 e. The van der Waals surface area contributed by atoms with Crippen LogP contribution in [0.3, 0.4) is 0 Å². The fraction of sp³-hybridized carbons (Fsp3) is 0.350. The van der Waals surface area contributed by atoms with Gasteiger partial charge in [-0.15, -0.1) is 0 Å². The van der Waals surface area contributed by atoms with E-state index in [0.29, 0.717) is 24.5 Å². The summed E-state index contributed by atoms with van der Waals surface area (Å²) in [6, 6.07) is 13.7. The molecule has 134 valence electrons. The molecule has 1 amide bonds. The van der Waals surface area contributed by atoms with Crippen molar-refractivity contribution in [3.8, 4) is 11.5 Å². The lowest BCUT2D eigenvalue weighted by Crippen LogP contribution is -2.38. The minimum atomic E-state index is -0.567. The first-order chi connectivity index (χ1) is 12.1. The van der Waals surface area contributed by atoms with Crippen molar-refractivity contribution in [1.29, 1.82) is 0 Å². The van der Waals surface area contributed by atoms with E-state index < -0.39 is 6.10 Å². The monoisotopic (exact) mass is 345 g/mol. The molecule has 0 saturated carbocycles. The SMILES string of the molecule is CCC(Oc1ccccc1OC)C(=O)NCCCc1ccc(F)cc1. The van der Waals surface area contributed by atoms with E-state index in [2.05, 4.69) is 5.32 Å². The highest BCUT2D eigenvalue weighted by atomic mass is 19.1. The minimum Gasteiger partial charge on any atom is -0.493 e. The maximum atomic E-state index is 12.9. The zero-order chi connectivity index (χ0) is 18.1. The number of amides is 1. The molecule has 0 saturated heterocycles. The number of aryl methyl sites for hydroxylation is 1. The lowest BCUT2D eigenvalue weighted by atomic mass is 10.1. The Balaban J connectivity index is 1.80. The van der Waals surface area contributed by atoms with Crippen molar-refractivity contribution in [3.63, 3.8) is 0 Å². The molecule has 2 aromatic carbocycles. The van der Waals surface area contributed by atoms with Crippen LogP contribution < -0.4 is 14.8 Å². The average molecular weight is 345 g/mol. The quantitative estimate of drug-likeness (QED) is 0.704. The van der Waals surface area contributed by atoms with Crippen LogP contribution in [0.1, 0.15) is 25.3 Å². The van der Waals surface area contributed by atoms with E-state index in [4.69, 9.17) is 9.47 Å². The van der Waals surface area contributed by atoms with Gasteiger partial charge < -0.3 is 14.8 Å². The molecule has 0 radical (unpaired) electrons. The molecule has 2 aromatic rings. The summed E-state index contributed by atoms with van der Waals surface area (Å²) in [5.41, 5.74) is 1.05. The molecular weight excluding hydrogens is 321 g/mol.